The monoisotopic (exact) mass is 231 g/mol. The van der Waals surface area contributed by atoms with Crippen molar-refractivity contribution in [1.82, 2.24) is 0 Å². The Hall–Kier alpha value is -1.37. The third kappa shape index (κ3) is 3.29. The summed E-state index contributed by atoms with van der Waals surface area (Å²) in [6.07, 6.45) is 3.96. The SMILES string of the molecule is C=C/C(C)=C(/C(=C)C(C)=N)C(C)(C)/C(C)=C/C. The summed E-state index contributed by atoms with van der Waals surface area (Å²) in [7, 11) is 0. The highest BCUT2D eigenvalue weighted by Crippen LogP contribution is 2.40. The van der Waals surface area contributed by atoms with Crippen molar-refractivity contribution in [2.45, 2.75) is 41.5 Å². The molecule has 0 aliphatic carbocycles. The lowest BCUT2D eigenvalue weighted by atomic mass is 9.72. The maximum atomic E-state index is 7.79. The van der Waals surface area contributed by atoms with Crippen LogP contribution in [0.25, 0.3) is 0 Å². The van der Waals surface area contributed by atoms with Gasteiger partial charge < -0.3 is 5.41 Å². The molecule has 0 radical (unpaired) electrons. The first-order valence-electron chi connectivity index (χ1n) is 5.92. The molecule has 0 aromatic carbocycles. The first-order valence-corrected chi connectivity index (χ1v) is 5.92. The Kier molecular flexibility index (Phi) is 5.34. The van der Waals surface area contributed by atoms with E-state index in [1.807, 2.05) is 19.9 Å². The Morgan fingerprint density at radius 3 is 1.94 bits per heavy atom. The van der Waals surface area contributed by atoms with Crippen molar-refractivity contribution in [2.24, 2.45) is 5.41 Å². The summed E-state index contributed by atoms with van der Waals surface area (Å²) in [4.78, 5) is 0. The van der Waals surface area contributed by atoms with E-state index >= 15 is 0 Å². The first-order chi connectivity index (χ1) is 7.69. The number of hydrogen-bond donors (Lipinski definition) is 1. The smallest absolute Gasteiger partial charge is 0.0352 e. The van der Waals surface area contributed by atoms with Crippen molar-refractivity contribution in [3.8, 4) is 0 Å². The average molecular weight is 231 g/mol. The molecule has 0 aromatic heterocycles. The third-order valence-corrected chi connectivity index (χ3v) is 3.50. The van der Waals surface area contributed by atoms with Crippen LogP contribution in [0.15, 0.2) is 47.6 Å². The molecule has 1 heteroatoms. The van der Waals surface area contributed by atoms with Gasteiger partial charge >= 0.3 is 0 Å². The second-order valence-corrected chi connectivity index (χ2v) is 4.96. The van der Waals surface area contributed by atoms with Gasteiger partial charge in [-0.25, -0.2) is 0 Å². The van der Waals surface area contributed by atoms with Crippen LogP contribution in [0, 0.1) is 10.8 Å². The average Bonchev–Trinajstić information content (AvgIpc) is 2.26. The van der Waals surface area contributed by atoms with Crippen LogP contribution in [0.1, 0.15) is 41.5 Å². The summed E-state index contributed by atoms with van der Waals surface area (Å²) in [6, 6.07) is 0. The highest BCUT2D eigenvalue weighted by Gasteiger charge is 2.28. The van der Waals surface area contributed by atoms with E-state index in [0.717, 1.165) is 16.7 Å². The Balaban J connectivity index is 5.94. The molecule has 0 unspecified atom stereocenters. The summed E-state index contributed by atoms with van der Waals surface area (Å²) in [5, 5.41) is 7.79. The van der Waals surface area contributed by atoms with E-state index in [9.17, 15) is 0 Å². The van der Waals surface area contributed by atoms with Gasteiger partial charge in [-0.1, -0.05) is 44.7 Å². The fraction of sp³-hybridized carbons (Fsp3) is 0.438. The van der Waals surface area contributed by atoms with E-state index in [4.69, 9.17) is 5.41 Å². The minimum Gasteiger partial charge on any atom is -0.305 e. The van der Waals surface area contributed by atoms with Gasteiger partial charge in [0, 0.05) is 11.1 Å². The van der Waals surface area contributed by atoms with Crippen molar-refractivity contribution < 1.29 is 0 Å². The largest absolute Gasteiger partial charge is 0.305 e. The van der Waals surface area contributed by atoms with Gasteiger partial charge in [-0.15, -0.1) is 0 Å². The van der Waals surface area contributed by atoms with Crippen LogP contribution < -0.4 is 0 Å². The summed E-state index contributed by atoms with van der Waals surface area (Å²) in [5.74, 6) is 0. The fourth-order valence-corrected chi connectivity index (χ4v) is 1.96. The minimum absolute atomic E-state index is 0.119. The van der Waals surface area contributed by atoms with E-state index in [0.29, 0.717) is 5.71 Å². The van der Waals surface area contributed by atoms with Gasteiger partial charge in [0.05, 0.1) is 0 Å². The van der Waals surface area contributed by atoms with E-state index in [1.165, 1.54) is 5.57 Å². The lowest BCUT2D eigenvalue weighted by Gasteiger charge is -2.32. The molecule has 0 bridgehead atoms. The minimum atomic E-state index is -0.119. The van der Waals surface area contributed by atoms with Gasteiger partial charge in [-0.2, -0.15) is 0 Å². The molecule has 0 atom stereocenters. The van der Waals surface area contributed by atoms with Crippen molar-refractivity contribution in [1.29, 1.82) is 5.41 Å². The lowest BCUT2D eigenvalue weighted by molar-refractivity contribution is 0.543. The van der Waals surface area contributed by atoms with Crippen LogP contribution in [0.3, 0.4) is 0 Å². The molecule has 0 aliphatic rings. The lowest BCUT2D eigenvalue weighted by Crippen LogP contribution is -2.21. The molecular weight excluding hydrogens is 206 g/mol. The fourth-order valence-electron chi connectivity index (χ4n) is 1.96. The van der Waals surface area contributed by atoms with Gasteiger partial charge in [-0.05, 0) is 44.4 Å². The quantitative estimate of drug-likeness (QED) is 0.388. The van der Waals surface area contributed by atoms with Gasteiger partial charge in [0.25, 0.3) is 0 Å². The molecule has 0 aliphatic heterocycles. The Labute approximate surface area is 106 Å². The normalized spacial score (nSPS) is 14.1. The predicted octanol–water partition coefficient (Wildman–Crippen LogP) is 5.08. The van der Waals surface area contributed by atoms with Crippen LogP contribution in [0.5, 0.6) is 0 Å². The zero-order valence-corrected chi connectivity index (χ0v) is 12.1. The second kappa shape index (κ2) is 5.81. The number of rotatable bonds is 5. The van der Waals surface area contributed by atoms with Crippen LogP contribution in [-0.2, 0) is 0 Å². The molecule has 1 nitrogen and oxygen atoms in total. The molecular formula is C16H25N. The van der Waals surface area contributed by atoms with Crippen molar-refractivity contribution in [3.05, 3.63) is 47.6 Å². The van der Waals surface area contributed by atoms with Crippen LogP contribution in [-0.4, -0.2) is 5.71 Å². The maximum absolute atomic E-state index is 7.79. The van der Waals surface area contributed by atoms with Gasteiger partial charge in [0.2, 0.25) is 0 Å². The molecule has 94 valence electrons. The molecule has 0 saturated heterocycles. The zero-order chi connectivity index (χ0) is 13.8. The Bertz CT molecular complexity index is 403. The van der Waals surface area contributed by atoms with E-state index in [2.05, 4.69) is 40.0 Å². The first kappa shape index (κ1) is 15.6. The molecule has 0 aromatic rings. The number of nitrogens with one attached hydrogen (secondary N) is 1. The highest BCUT2D eigenvalue weighted by atomic mass is 14.4. The standard InChI is InChI=1S/C16H25N/c1-9-11(3)15(13(5)14(6)17)16(7,8)12(4)10-2/h9-10,17H,1,5H2,2-4,6-8H3/b12-10+,15-11-,17-14?. The summed E-state index contributed by atoms with van der Waals surface area (Å²) < 4.78 is 0. The molecule has 0 heterocycles. The topological polar surface area (TPSA) is 23.9 Å². The van der Waals surface area contributed by atoms with E-state index < -0.39 is 0 Å². The molecule has 0 spiro atoms. The van der Waals surface area contributed by atoms with E-state index in [1.54, 1.807) is 6.92 Å². The van der Waals surface area contributed by atoms with Crippen molar-refractivity contribution in [2.75, 3.05) is 0 Å². The molecule has 0 rings (SSSR count). The maximum Gasteiger partial charge on any atom is 0.0352 e. The van der Waals surface area contributed by atoms with Crippen molar-refractivity contribution >= 4 is 5.71 Å². The highest BCUT2D eigenvalue weighted by molar-refractivity contribution is 6.00. The predicted molar refractivity (Wildman–Crippen MR) is 78.6 cm³/mol. The molecule has 0 amide bonds. The Morgan fingerprint density at radius 1 is 1.18 bits per heavy atom. The number of allylic oxidation sites excluding steroid dienone is 6. The number of hydrogen-bond acceptors (Lipinski definition) is 1. The molecule has 1 N–H and O–H groups in total. The molecule has 0 saturated carbocycles. The van der Waals surface area contributed by atoms with Gasteiger partial charge in [-0.3, -0.25) is 0 Å². The summed E-state index contributed by atoms with van der Waals surface area (Å²) >= 11 is 0. The molecule has 17 heavy (non-hydrogen) atoms. The van der Waals surface area contributed by atoms with Gasteiger partial charge in [0.15, 0.2) is 0 Å². The van der Waals surface area contributed by atoms with Crippen LogP contribution in [0.4, 0.5) is 0 Å². The zero-order valence-electron chi connectivity index (χ0n) is 12.1. The summed E-state index contributed by atoms with van der Waals surface area (Å²) in [5.41, 5.74) is 4.66. The Morgan fingerprint density at radius 2 is 1.65 bits per heavy atom. The molecule has 0 fully saturated rings. The second-order valence-electron chi connectivity index (χ2n) is 4.96. The third-order valence-electron chi connectivity index (χ3n) is 3.50. The van der Waals surface area contributed by atoms with Crippen molar-refractivity contribution in [3.63, 3.8) is 0 Å². The van der Waals surface area contributed by atoms with Crippen LogP contribution >= 0.6 is 0 Å². The van der Waals surface area contributed by atoms with E-state index in [-0.39, 0.29) is 5.41 Å². The van der Waals surface area contributed by atoms with Crippen LogP contribution in [0.2, 0.25) is 0 Å². The summed E-state index contributed by atoms with van der Waals surface area (Å²) in [6.45, 7) is 20.2. The van der Waals surface area contributed by atoms with Gasteiger partial charge in [0.1, 0.15) is 0 Å².